The third-order valence-corrected chi connectivity index (χ3v) is 4.13. The van der Waals surface area contributed by atoms with Gasteiger partial charge in [0.05, 0.1) is 0 Å². The summed E-state index contributed by atoms with van der Waals surface area (Å²) >= 11 is 0. The Bertz CT molecular complexity index is 577. The molecule has 19 heavy (non-hydrogen) atoms. The minimum Gasteiger partial charge on any atom is -0.271 e. The van der Waals surface area contributed by atoms with E-state index >= 15 is 0 Å². The van der Waals surface area contributed by atoms with Gasteiger partial charge in [-0.2, -0.15) is 0 Å². The number of rotatable bonds is 4. The van der Waals surface area contributed by atoms with Crippen molar-refractivity contribution in [2.24, 2.45) is 5.84 Å². The molecule has 0 fully saturated rings. The van der Waals surface area contributed by atoms with E-state index in [1.165, 1.54) is 22.3 Å². The van der Waals surface area contributed by atoms with E-state index < -0.39 is 0 Å². The first-order valence-electron chi connectivity index (χ1n) is 6.87. The van der Waals surface area contributed by atoms with Crippen LogP contribution < -0.4 is 11.3 Å². The van der Waals surface area contributed by atoms with Crippen LogP contribution in [0.15, 0.2) is 48.5 Å². The fourth-order valence-corrected chi connectivity index (χ4v) is 3.07. The largest absolute Gasteiger partial charge is 0.271 e. The van der Waals surface area contributed by atoms with Crippen molar-refractivity contribution in [2.45, 2.75) is 31.7 Å². The summed E-state index contributed by atoms with van der Waals surface area (Å²) in [6, 6.07) is 17.7. The Morgan fingerprint density at radius 1 is 1.21 bits per heavy atom. The molecule has 0 spiro atoms. The number of benzene rings is 2. The van der Waals surface area contributed by atoms with Gasteiger partial charge in [-0.25, -0.2) is 0 Å². The van der Waals surface area contributed by atoms with E-state index in [1.54, 1.807) is 0 Å². The fraction of sp³-hybridized carbons (Fsp3) is 0.294. The fourth-order valence-electron chi connectivity index (χ4n) is 3.07. The second kappa shape index (κ2) is 5.16. The summed E-state index contributed by atoms with van der Waals surface area (Å²) in [4.78, 5) is 0. The Morgan fingerprint density at radius 3 is 2.79 bits per heavy atom. The Labute approximate surface area is 114 Å². The molecule has 0 bridgehead atoms. The smallest absolute Gasteiger partial charge is 0.0322 e. The molecule has 0 saturated carbocycles. The van der Waals surface area contributed by atoms with Crippen LogP contribution in [0.25, 0.3) is 0 Å². The van der Waals surface area contributed by atoms with Gasteiger partial charge in [-0.05, 0) is 36.5 Å². The lowest BCUT2D eigenvalue weighted by atomic mass is 9.72. The number of hydrogen-bond donors (Lipinski definition) is 2. The van der Waals surface area contributed by atoms with Crippen LogP contribution >= 0.6 is 0 Å². The monoisotopic (exact) mass is 252 g/mol. The predicted octanol–water partition coefficient (Wildman–Crippen LogP) is 2.71. The molecule has 0 aliphatic heterocycles. The summed E-state index contributed by atoms with van der Waals surface area (Å²) in [6.45, 7) is 2.13. The van der Waals surface area contributed by atoms with Crippen LogP contribution in [0, 0.1) is 6.92 Å². The minimum absolute atomic E-state index is 0.316. The number of aryl methyl sites for hydroxylation is 1. The molecular weight excluding hydrogens is 232 g/mol. The van der Waals surface area contributed by atoms with Crippen molar-refractivity contribution in [1.82, 2.24) is 5.43 Å². The van der Waals surface area contributed by atoms with Crippen molar-refractivity contribution in [3.63, 3.8) is 0 Å². The summed E-state index contributed by atoms with van der Waals surface area (Å²) in [5, 5.41) is 0. The van der Waals surface area contributed by atoms with E-state index in [4.69, 9.17) is 5.84 Å². The molecule has 2 atom stereocenters. The van der Waals surface area contributed by atoms with Crippen molar-refractivity contribution >= 4 is 0 Å². The van der Waals surface area contributed by atoms with Crippen LogP contribution in [-0.2, 0) is 12.8 Å². The minimum atomic E-state index is 0.316. The van der Waals surface area contributed by atoms with Gasteiger partial charge in [0.25, 0.3) is 0 Å². The van der Waals surface area contributed by atoms with Gasteiger partial charge >= 0.3 is 0 Å². The highest BCUT2D eigenvalue weighted by Gasteiger charge is 2.32. The lowest BCUT2D eigenvalue weighted by molar-refractivity contribution is 0.404. The highest BCUT2D eigenvalue weighted by Crippen LogP contribution is 2.38. The van der Waals surface area contributed by atoms with Gasteiger partial charge in [0.15, 0.2) is 0 Å². The molecule has 2 aromatic rings. The summed E-state index contributed by atoms with van der Waals surface area (Å²) in [6.07, 6.45) is 2.12. The zero-order valence-corrected chi connectivity index (χ0v) is 11.3. The van der Waals surface area contributed by atoms with Gasteiger partial charge in [0.1, 0.15) is 0 Å². The van der Waals surface area contributed by atoms with Crippen molar-refractivity contribution in [1.29, 1.82) is 0 Å². The van der Waals surface area contributed by atoms with Crippen LogP contribution in [0.1, 0.15) is 28.2 Å². The molecule has 3 rings (SSSR count). The molecule has 2 aromatic carbocycles. The van der Waals surface area contributed by atoms with Gasteiger partial charge in [-0.1, -0.05) is 54.1 Å². The second-order valence-electron chi connectivity index (χ2n) is 5.48. The van der Waals surface area contributed by atoms with Gasteiger partial charge in [-0.15, -0.1) is 0 Å². The number of hydrazine groups is 1. The standard InChI is InChI=1S/C17H20N2/c1-12-5-4-6-13(9-12)10-17(19-18)16-11-14-7-2-3-8-15(14)16/h2-9,16-17,19H,10-11,18H2,1H3. The quantitative estimate of drug-likeness (QED) is 0.648. The van der Waals surface area contributed by atoms with Crippen LogP contribution in [0.5, 0.6) is 0 Å². The normalized spacial score (nSPS) is 18.5. The maximum atomic E-state index is 5.78. The van der Waals surface area contributed by atoms with Crippen molar-refractivity contribution < 1.29 is 0 Å². The van der Waals surface area contributed by atoms with Crippen LogP contribution in [0.3, 0.4) is 0 Å². The van der Waals surface area contributed by atoms with Crippen LogP contribution in [0.2, 0.25) is 0 Å². The number of nitrogens with two attached hydrogens (primary N) is 1. The first-order chi connectivity index (χ1) is 9.28. The Morgan fingerprint density at radius 2 is 2.05 bits per heavy atom. The van der Waals surface area contributed by atoms with Crippen molar-refractivity contribution in [2.75, 3.05) is 0 Å². The predicted molar refractivity (Wildman–Crippen MR) is 78.9 cm³/mol. The van der Waals surface area contributed by atoms with E-state index in [2.05, 4.69) is 60.9 Å². The topological polar surface area (TPSA) is 38.0 Å². The summed E-state index contributed by atoms with van der Waals surface area (Å²) in [7, 11) is 0. The molecular formula is C17H20N2. The molecule has 0 aromatic heterocycles. The van der Waals surface area contributed by atoms with Gasteiger partial charge < -0.3 is 0 Å². The average Bonchev–Trinajstić information content (AvgIpc) is 2.39. The van der Waals surface area contributed by atoms with Gasteiger partial charge in [-0.3, -0.25) is 11.3 Å². The van der Waals surface area contributed by atoms with Crippen molar-refractivity contribution in [3.05, 3.63) is 70.8 Å². The number of hydrogen-bond acceptors (Lipinski definition) is 2. The summed E-state index contributed by atoms with van der Waals surface area (Å²) in [5.74, 6) is 6.32. The van der Waals surface area contributed by atoms with Crippen LogP contribution in [0.4, 0.5) is 0 Å². The third-order valence-electron chi connectivity index (χ3n) is 4.13. The van der Waals surface area contributed by atoms with E-state index in [-0.39, 0.29) is 0 Å². The molecule has 2 nitrogen and oxygen atoms in total. The molecule has 98 valence electrons. The molecule has 0 heterocycles. The van der Waals surface area contributed by atoms with Gasteiger partial charge in [0, 0.05) is 12.0 Å². The van der Waals surface area contributed by atoms with Crippen molar-refractivity contribution in [3.8, 4) is 0 Å². The first-order valence-corrected chi connectivity index (χ1v) is 6.87. The SMILES string of the molecule is Cc1cccc(CC(NN)C2Cc3ccccc32)c1. The Balaban J connectivity index is 1.76. The lowest BCUT2D eigenvalue weighted by Crippen LogP contribution is -2.45. The van der Waals surface area contributed by atoms with E-state index in [1.807, 2.05) is 0 Å². The number of fused-ring (bicyclic) bond motifs is 1. The zero-order valence-electron chi connectivity index (χ0n) is 11.3. The molecule has 0 saturated heterocycles. The summed E-state index contributed by atoms with van der Waals surface area (Å²) < 4.78 is 0. The molecule has 0 radical (unpaired) electrons. The number of nitrogens with one attached hydrogen (secondary N) is 1. The molecule has 1 aliphatic rings. The molecule has 3 N–H and O–H groups in total. The van der Waals surface area contributed by atoms with E-state index in [0.717, 1.165) is 12.8 Å². The zero-order chi connectivity index (χ0) is 13.2. The first kappa shape index (κ1) is 12.4. The Hall–Kier alpha value is -1.64. The Kier molecular flexibility index (Phi) is 3.36. The van der Waals surface area contributed by atoms with Crippen LogP contribution in [-0.4, -0.2) is 6.04 Å². The highest BCUT2D eigenvalue weighted by atomic mass is 15.2. The lowest BCUT2D eigenvalue weighted by Gasteiger charge is -2.36. The summed E-state index contributed by atoms with van der Waals surface area (Å²) in [5.41, 5.74) is 8.60. The molecule has 2 heteroatoms. The maximum absolute atomic E-state index is 5.78. The molecule has 1 aliphatic carbocycles. The average molecular weight is 252 g/mol. The molecule has 0 amide bonds. The van der Waals surface area contributed by atoms with E-state index in [9.17, 15) is 0 Å². The second-order valence-corrected chi connectivity index (χ2v) is 5.48. The molecule has 2 unspecified atom stereocenters. The van der Waals surface area contributed by atoms with E-state index in [0.29, 0.717) is 12.0 Å². The maximum Gasteiger partial charge on any atom is 0.0322 e. The third kappa shape index (κ3) is 2.42. The highest BCUT2D eigenvalue weighted by molar-refractivity contribution is 5.41. The van der Waals surface area contributed by atoms with Gasteiger partial charge in [0.2, 0.25) is 0 Å².